The first-order valence-electron chi connectivity index (χ1n) is 9.23. The number of carbonyl (C=O) groups excluding carboxylic acids is 1. The van der Waals surface area contributed by atoms with Gasteiger partial charge in [-0.3, -0.25) is 14.5 Å². The zero-order valence-corrected chi connectivity index (χ0v) is 18.0. The summed E-state index contributed by atoms with van der Waals surface area (Å²) in [6.45, 7) is 5.35. The van der Waals surface area contributed by atoms with Crippen LogP contribution < -0.4 is 14.8 Å². The Bertz CT molecular complexity index is 1190. The van der Waals surface area contributed by atoms with Crippen molar-refractivity contribution in [3.05, 3.63) is 77.1 Å². The van der Waals surface area contributed by atoms with E-state index in [0.29, 0.717) is 22.7 Å². The second-order valence-corrected chi connectivity index (χ2v) is 8.53. The summed E-state index contributed by atoms with van der Waals surface area (Å²) < 4.78 is 33.8. The monoisotopic (exact) mass is 425 g/mol. The van der Waals surface area contributed by atoms with Crippen molar-refractivity contribution in [3.8, 4) is 5.75 Å². The van der Waals surface area contributed by atoms with Crippen LogP contribution in [0.2, 0.25) is 0 Å². The number of aromatic nitrogens is 1. The Morgan fingerprint density at radius 3 is 2.30 bits per heavy atom. The summed E-state index contributed by atoms with van der Waals surface area (Å²) in [6, 6.07) is 14.8. The summed E-state index contributed by atoms with van der Waals surface area (Å²) in [4.78, 5) is 17.0. The van der Waals surface area contributed by atoms with Crippen LogP contribution in [-0.2, 0) is 10.0 Å². The molecule has 0 atom stereocenters. The average Bonchev–Trinajstić information content (AvgIpc) is 2.67. The third-order valence-electron chi connectivity index (χ3n) is 4.43. The quantitative estimate of drug-likeness (QED) is 0.620. The molecule has 0 bridgehead atoms. The minimum atomic E-state index is -3.94. The summed E-state index contributed by atoms with van der Waals surface area (Å²) in [6.07, 6.45) is 0. The molecule has 0 aliphatic heterocycles. The van der Waals surface area contributed by atoms with E-state index in [2.05, 4.69) is 15.0 Å². The maximum Gasteiger partial charge on any atom is 0.262 e. The highest BCUT2D eigenvalue weighted by atomic mass is 32.2. The molecule has 0 unspecified atom stereocenters. The van der Waals surface area contributed by atoms with Gasteiger partial charge >= 0.3 is 0 Å². The number of methoxy groups -OCH3 is 1. The van der Waals surface area contributed by atoms with E-state index in [4.69, 9.17) is 4.74 Å². The Morgan fingerprint density at radius 2 is 1.63 bits per heavy atom. The SMILES string of the molecule is COc1ccccc1NS(=O)(=O)c1cc(C(=O)Nc2cc(C)nc(C)c2)ccc1C. The lowest BCUT2D eigenvalue weighted by atomic mass is 10.1. The number of sulfonamides is 1. The number of carbonyl (C=O) groups is 1. The molecule has 1 heterocycles. The first-order valence-corrected chi connectivity index (χ1v) is 10.7. The highest BCUT2D eigenvalue weighted by Crippen LogP contribution is 2.27. The lowest BCUT2D eigenvalue weighted by molar-refractivity contribution is 0.102. The van der Waals surface area contributed by atoms with E-state index >= 15 is 0 Å². The Kier molecular flexibility index (Phi) is 6.07. The van der Waals surface area contributed by atoms with Crippen molar-refractivity contribution < 1.29 is 17.9 Å². The number of rotatable bonds is 6. The van der Waals surface area contributed by atoms with Gasteiger partial charge in [0, 0.05) is 22.6 Å². The van der Waals surface area contributed by atoms with Gasteiger partial charge < -0.3 is 10.1 Å². The molecule has 0 aliphatic rings. The van der Waals surface area contributed by atoms with Gasteiger partial charge in [-0.15, -0.1) is 0 Å². The Labute approximate surface area is 176 Å². The van der Waals surface area contributed by atoms with E-state index in [1.54, 1.807) is 55.5 Å². The number of para-hydroxylation sites is 2. The summed E-state index contributed by atoms with van der Waals surface area (Å²) in [5.41, 5.74) is 3.22. The number of ether oxygens (including phenoxy) is 1. The van der Waals surface area contributed by atoms with Gasteiger partial charge in [-0.05, 0) is 62.7 Å². The Balaban J connectivity index is 1.91. The number of amides is 1. The summed E-state index contributed by atoms with van der Waals surface area (Å²) in [7, 11) is -2.47. The van der Waals surface area contributed by atoms with Gasteiger partial charge in [-0.1, -0.05) is 18.2 Å². The van der Waals surface area contributed by atoms with E-state index in [1.165, 1.54) is 13.2 Å². The number of benzene rings is 2. The van der Waals surface area contributed by atoms with Crippen molar-refractivity contribution in [1.82, 2.24) is 4.98 Å². The maximum atomic E-state index is 13.0. The second-order valence-electron chi connectivity index (χ2n) is 6.88. The zero-order valence-electron chi connectivity index (χ0n) is 17.2. The van der Waals surface area contributed by atoms with Crippen molar-refractivity contribution in [2.75, 3.05) is 17.1 Å². The molecule has 0 radical (unpaired) electrons. The second kappa shape index (κ2) is 8.54. The minimum absolute atomic E-state index is 0.0168. The van der Waals surface area contributed by atoms with Gasteiger partial charge in [-0.25, -0.2) is 8.42 Å². The van der Waals surface area contributed by atoms with Crippen LogP contribution in [0.4, 0.5) is 11.4 Å². The molecule has 0 fully saturated rings. The van der Waals surface area contributed by atoms with Crippen molar-refractivity contribution in [2.24, 2.45) is 0 Å². The zero-order chi connectivity index (χ0) is 21.9. The first kappa shape index (κ1) is 21.3. The molecule has 3 aromatic rings. The largest absolute Gasteiger partial charge is 0.495 e. The van der Waals surface area contributed by atoms with Crippen molar-refractivity contribution in [2.45, 2.75) is 25.7 Å². The van der Waals surface area contributed by atoms with Crippen LogP contribution in [0.5, 0.6) is 5.75 Å². The topological polar surface area (TPSA) is 97.4 Å². The van der Waals surface area contributed by atoms with E-state index in [9.17, 15) is 13.2 Å². The van der Waals surface area contributed by atoms with Crippen LogP contribution in [0.25, 0.3) is 0 Å². The lowest BCUT2D eigenvalue weighted by Gasteiger charge is -2.14. The van der Waals surface area contributed by atoms with Crippen LogP contribution in [0.15, 0.2) is 59.5 Å². The average molecular weight is 426 g/mol. The van der Waals surface area contributed by atoms with Gasteiger partial charge in [0.05, 0.1) is 17.7 Å². The van der Waals surface area contributed by atoms with Gasteiger partial charge in [0.15, 0.2) is 0 Å². The number of hydrogen-bond acceptors (Lipinski definition) is 5. The van der Waals surface area contributed by atoms with E-state index in [1.807, 2.05) is 13.8 Å². The fourth-order valence-corrected chi connectivity index (χ4v) is 4.41. The van der Waals surface area contributed by atoms with Gasteiger partial charge in [0.25, 0.3) is 15.9 Å². The van der Waals surface area contributed by atoms with E-state index < -0.39 is 15.9 Å². The third-order valence-corrected chi connectivity index (χ3v) is 5.94. The van der Waals surface area contributed by atoms with Crippen LogP contribution in [0.3, 0.4) is 0 Å². The van der Waals surface area contributed by atoms with Crippen LogP contribution in [-0.4, -0.2) is 26.4 Å². The molecule has 0 spiro atoms. The molecule has 156 valence electrons. The molecular weight excluding hydrogens is 402 g/mol. The van der Waals surface area contributed by atoms with Crippen LogP contribution in [0.1, 0.15) is 27.3 Å². The molecule has 3 rings (SSSR count). The number of anilines is 2. The number of hydrogen-bond donors (Lipinski definition) is 2. The number of aryl methyl sites for hydroxylation is 3. The van der Waals surface area contributed by atoms with Gasteiger partial charge in [-0.2, -0.15) is 0 Å². The number of nitrogens with one attached hydrogen (secondary N) is 2. The highest BCUT2D eigenvalue weighted by molar-refractivity contribution is 7.92. The number of nitrogens with zero attached hydrogens (tertiary/aromatic N) is 1. The molecule has 0 saturated carbocycles. The molecule has 0 saturated heterocycles. The molecule has 8 heteroatoms. The fraction of sp³-hybridized carbons (Fsp3) is 0.182. The maximum absolute atomic E-state index is 13.0. The normalized spacial score (nSPS) is 11.1. The third kappa shape index (κ3) is 4.77. The molecule has 0 aliphatic carbocycles. The lowest BCUT2D eigenvalue weighted by Crippen LogP contribution is -2.17. The fourth-order valence-electron chi connectivity index (χ4n) is 3.07. The van der Waals surface area contributed by atoms with E-state index in [0.717, 1.165) is 11.4 Å². The van der Waals surface area contributed by atoms with Crippen molar-refractivity contribution in [3.63, 3.8) is 0 Å². The van der Waals surface area contributed by atoms with Crippen molar-refractivity contribution in [1.29, 1.82) is 0 Å². The Morgan fingerprint density at radius 1 is 0.967 bits per heavy atom. The summed E-state index contributed by atoms with van der Waals surface area (Å²) in [5.74, 6) is -0.00945. The molecule has 1 amide bonds. The van der Waals surface area contributed by atoms with Crippen LogP contribution in [0, 0.1) is 20.8 Å². The molecule has 2 N–H and O–H groups in total. The van der Waals surface area contributed by atoms with E-state index in [-0.39, 0.29) is 10.5 Å². The van der Waals surface area contributed by atoms with Gasteiger partial charge in [0.1, 0.15) is 5.75 Å². The standard InChI is InChI=1S/C22H23N3O4S/c1-14-9-10-17(22(26)24-18-11-15(2)23-16(3)12-18)13-21(14)30(27,28)25-19-7-5-6-8-20(19)29-4/h5-13,25H,1-4H3,(H,23,24,26). The molecule has 1 aromatic heterocycles. The summed E-state index contributed by atoms with van der Waals surface area (Å²) in [5, 5.41) is 2.79. The predicted molar refractivity (Wildman–Crippen MR) is 117 cm³/mol. The first-order chi connectivity index (χ1) is 14.2. The molecule has 2 aromatic carbocycles. The summed E-state index contributed by atoms with van der Waals surface area (Å²) >= 11 is 0. The number of pyridine rings is 1. The molecule has 30 heavy (non-hydrogen) atoms. The highest BCUT2D eigenvalue weighted by Gasteiger charge is 2.21. The Hall–Kier alpha value is -3.39. The molecular formula is C22H23N3O4S. The smallest absolute Gasteiger partial charge is 0.262 e. The molecule has 7 nitrogen and oxygen atoms in total. The predicted octanol–water partition coefficient (Wildman–Crippen LogP) is 4.07. The van der Waals surface area contributed by atoms with Crippen molar-refractivity contribution >= 4 is 27.3 Å². The van der Waals surface area contributed by atoms with Gasteiger partial charge in [0.2, 0.25) is 0 Å². The van der Waals surface area contributed by atoms with Crippen LogP contribution >= 0.6 is 0 Å². The minimum Gasteiger partial charge on any atom is -0.495 e.